The van der Waals surface area contributed by atoms with Crippen LogP contribution in [0.3, 0.4) is 0 Å². The summed E-state index contributed by atoms with van der Waals surface area (Å²) in [5.41, 5.74) is 10.1. The number of primary amides is 1. The van der Waals surface area contributed by atoms with Gasteiger partial charge in [0.2, 0.25) is 17.7 Å². The second-order valence-electron chi connectivity index (χ2n) is 27.9. The third-order valence-corrected chi connectivity index (χ3v) is 19.7. The Balaban J connectivity index is 0.949. The number of piperidine rings is 1. The van der Waals surface area contributed by atoms with Crippen molar-refractivity contribution in [2.45, 2.75) is 188 Å². The highest BCUT2D eigenvalue weighted by Gasteiger charge is 2.41. The molecule has 0 radical (unpaired) electrons. The first-order chi connectivity index (χ1) is 49.6. The van der Waals surface area contributed by atoms with E-state index in [4.69, 9.17) is 31.2 Å². The molecule has 1 aliphatic carbocycles. The summed E-state index contributed by atoms with van der Waals surface area (Å²) in [4.78, 5) is 147. The van der Waals surface area contributed by atoms with Gasteiger partial charge in [-0.3, -0.25) is 48.6 Å². The van der Waals surface area contributed by atoms with Gasteiger partial charge >= 0.3 is 30.2 Å². The van der Waals surface area contributed by atoms with Gasteiger partial charge in [-0.1, -0.05) is 127 Å². The third-order valence-electron chi connectivity index (χ3n) is 18.7. The standard InChI is InChI=1S/C77H101N11O15S/c1-12-14-21-39-102-88(72(94)66(48(7)13-2)85-69(92)62-28-19-20-38-87(62)11)63(46(3)4)41-64(103-49(8)89)71-84-61(45-104-71)68(91)81-54(42-77(9,10)73(95)96)40-50-29-33-53(34-30-50)82-75(98)100-43-51-31-35-52(36-32-51)80-67(90)60(27-22-37-79-74(78)97)83-70(93)65(47(5)6)86-76(99)101-44-59-57-25-17-15-23-55(57)56-24-16-18-26-58(56)59/h1,15-18,23-26,29-36,45-48,54,59-60,62-66H,13-14,19-22,27-28,37-44H2,2-11H3,(H,80,90)(H,81,91)(H,82,98)(H,83,93)(H,85,92)(H,86,99)(H,95,96)(H3,78,79,97)/t48-,54-,60-,62+,63+,64+,65-,66-/m0/s1. The van der Waals surface area contributed by atoms with Crippen LogP contribution < -0.4 is 43.0 Å². The number of benzene rings is 4. The van der Waals surface area contributed by atoms with Crippen molar-refractivity contribution in [3.63, 3.8) is 0 Å². The lowest BCUT2D eigenvalue weighted by atomic mass is 9.84. The van der Waals surface area contributed by atoms with Gasteiger partial charge in [0.1, 0.15) is 42.0 Å². The first-order valence-corrected chi connectivity index (χ1v) is 36.4. The van der Waals surface area contributed by atoms with Crippen LogP contribution in [0.15, 0.2) is 102 Å². The van der Waals surface area contributed by atoms with Crippen LogP contribution in [0.1, 0.15) is 176 Å². The number of nitrogens with zero attached hydrogens (tertiary/aromatic N) is 3. The molecule has 1 fully saturated rings. The number of fused-ring (bicyclic) bond motifs is 3. The van der Waals surface area contributed by atoms with Crippen LogP contribution >= 0.6 is 11.3 Å². The van der Waals surface area contributed by atoms with E-state index in [1.807, 2.05) is 88.2 Å². The maximum Gasteiger partial charge on any atom is 0.411 e. The highest BCUT2D eigenvalue weighted by Crippen LogP contribution is 2.45. The van der Waals surface area contributed by atoms with E-state index in [2.05, 4.69) is 48.1 Å². The van der Waals surface area contributed by atoms with Crippen LogP contribution in [-0.4, -0.2) is 149 Å². The number of hydrogen-bond acceptors (Lipinski definition) is 17. The van der Waals surface area contributed by atoms with Crippen LogP contribution in [0.4, 0.5) is 25.8 Å². The van der Waals surface area contributed by atoms with E-state index in [-0.39, 0.29) is 92.8 Å². The third kappa shape index (κ3) is 23.6. The Bertz CT molecular complexity index is 3770. The van der Waals surface area contributed by atoms with Crippen LogP contribution in [0.2, 0.25) is 0 Å². The van der Waals surface area contributed by atoms with Crippen molar-refractivity contribution >= 4 is 82.4 Å². The number of amides is 9. The van der Waals surface area contributed by atoms with E-state index in [9.17, 15) is 53.1 Å². The van der Waals surface area contributed by atoms with Crippen LogP contribution in [0.5, 0.6) is 0 Å². The Morgan fingerprint density at radius 1 is 0.779 bits per heavy atom. The van der Waals surface area contributed by atoms with Crippen molar-refractivity contribution in [3.8, 4) is 23.5 Å². The van der Waals surface area contributed by atoms with Gasteiger partial charge in [-0.15, -0.1) is 23.7 Å². The van der Waals surface area contributed by atoms with E-state index in [0.717, 1.165) is 53.0 Å². The maximum absolute atomic E-state index is 14.9. The molecule has 1 aliphatic heterocycles. The predicted octanol–water partition coefficient (Wildman–Crippen LogP) is 10.4. The Hall–Kier alpha value is -9.91. The minimum Gasteiger partial charge on any atom is -0.481 e. The van der Waals surface area contributed by atoms with Gasteiger partial charge in [-0.25, -0.2) is 24.4 Å². The molecule has 0 bridgehead atoms. The number of carbonyl (C=O) groups is 10. The fraction of sp³-hybridized carbons (Fsp3) is 0.494. The molecule has 0 spiro atoms. The molecule has 1 saturated heterocycles. The van der Waals surface area contributed by atoms with Gasteiger partial charge in [0.25, 0.3) is 11.8 Å². The monoisotopic (exact) mass is 1450 g/mol. The minimum absolute atomic E-state index is 0.000265. The molecule has 560 valence electrons. The summed E-state index contributed by atoms with van der Waals surface area (Å²) in [6.07, 6.45) is 7.35. The van der Waals surface area contributed by atoms with Gasteiger partial charge in [0, 0.05) is 55.0 Å². The van der Waals surface area contributed by atoms with Crippen molar-refractivity contribution < 1.29 is 72.1 Å². The molecule has 1 aromatic heterocycles. The SMILES string of the molecule is C#CCCCON(C(=O)[C@@H](NC(=O)[C@H]1CCCCN1C)[C@@H](C)CC)[C@H](C[C@@H](OC(C)=O)c1nc(C(=O)N[C@@H](Cc2ccc(NC(=O)OCc3ccc(NC(=O)[C@H](CCCNC(N)=O)NC(=O)[C@@H](NC(=O)OCC4c5ccccc5-c5ccccc54)C(C)C)cc3)cc2)CC(C)(C)C(=O)O)cs1)C(C)C. The van der Waals surface area contributed by atoms with Crippen LogP contribution in [0.25, 0.3) is 11.1 Å². The quantitative estimate of drug-likeness (QED) is 0.00586. The first kappa shape index (κ1) is 81.4. The molecule has 26 nitrogen and oxygen atoms in total. The van der Waals surface area contributed by atoms with E-state index in [0.29, 0.717) is 48.2 Å². The number of anilines is 2. The Morgan fingerprint density at radius 3 is 2.02 bits per heavy atom. The summed E-state index contributed by atoms with van der Waals surface area (Å²) in [5.74, 6) is -2.88. The predicted molar refractivity (Wildman–Crippen MR) is 394 cm³/mol. The Labute approximate surface area is 612 Å². The van der Waals surface area contributed by atoms with E-state index >= 15 is 0 Å². The number of carboxylic acids is 1. The highest BCUT2D eigenvalue weighted by atomic mass is 32.1. The number of esters is 1. The van der Waals surface area contributed by atoms with Crippen molar-refractivity contribution in [2.24, 2.45) is 28.9 Å². The number of thiazole rings is 1. The maximum atomic E-state index is 14.9. The molecule has 9 amide bonds. The van der Waals surface area contributed by atoms with Crippen LogP contribution in [-0.2, 0) is 60.8 Å². The van der Waals surface area contributed by atoms with Gasteiger partial charge < -0.3 is 57.0 Å². The highest BCUT2D eigenvalue weighted by molar-refractivity contribution is 7.09. The largest absolute Gasteiger partial charge is 0.481 e. The number of urea groups is 1. The first-order valence-electron chi connectivity index (χ1n) is 35.5. The summed E-state index contributed by atoms with van der Waals surface area (Å²) in [6, 6.07) is 23.2. The molecule has 7 rings (SSSR count). The number of nitrogens with one attached hydrogen (secondary N) is 7. The molecule has 104 heavy (non-hydrogen) atoms. The average Bonchev–Trinajstić information content (AvgIpc) is 1.61. The normalized spacial score (nSPS) is 15.5. The van der Waals surface area contributed by atoms with E-state index in [1.54, 1.807) is 76.2 Å². The lowest BCUT2D eigenvalue weighted by molar-refractivity contribution is -0.213. The molecule has 2 heterocycles. The lowest BCUT2D eigenvalue weighted by Crippen LogP contribution is -2.58. The summed E-state index contributed by atoms with van der Waals surface area (Å²) in [7, 11) is 1.90. The molecule has 8 atom stereocenters. The Morgan fingerprint density at radius 2 is 1.42 bits per heavy atom. The molecule has 2 aliphatic rings. The van der Waals surface area contributed by atoms with E-state index < -0.39 is 107 Å². The molecular weight excluding hydrogens is 1350 g/mol. The summed E-state index contributed by atoms with van der Waals surface area (Å²) in [6.45, 7) is 16.3. The minimum atomic E-state index is -1.29. The average molecular weight is 1450 g/mol. The molecule has 0 unspecified atom stereocenters. The number of nitrogens with two attached hydrogens (primary N) is 1. The molecule has 5 aromatic rings. The molecule has 10 N–H and O–H groups in total. The number of aliphatic carboxylic acids is 1. The Kier molecular flexibility index (Phi) is 30.6. The number of hydrogen-bond donors (Lipinski definition) is 9. The van der Waals surface area contributed by atoms with E-state index in [1.165, 1.54) is 17.4 Å². The number of aromatic nitrogens is 1. The van der Waals surface area contributed by atoms with Gasteiger partial charge in [-0.05, 0) is 148 Å². The zero-order valence-electron chi connectivity index (χ0n) is 61.0. The second kappa shape index (κ2) is 39.1. The second-order valence-corrected chi connectivity index (χ2v) is 28.8. The zero-order chi connectivity index (χ0) is 75.8. The number of rotatable bonds is 37. The topological polar surface area (TPSA) is 357 Å². The van der Waals surface area contributed by atoms with Crippen LogP contribution in [0, 0.1) is 35.5 Å². The number of unbranched alkanes of at least 4 members (excludes halogenated alkanes) is 1. The number of likely N-dealkylation sites (tertiary alicyclic amines) is 1. The van der Waals surface area contributed by atoms with Gasteiger partial charge in [-0.2, -0.15) is 0 Å². The number of hydroxylamine groups is 2. The molecule has 0 saturated carbocycles. The fourth-order valence-electron chi connectivity index (χ4n) is 12.6. The molecule has 4 aromatic carbocycles. The smallest absolute Gasteiger partial charge is 0.411 e. The molecule has 27 heteroatoms. The lowest BCUT2D eigenvalue weighted by Gasteiger charge is -2.39. The fourth-order valence-corrected chi connectivity index (χ4v) is 13.5. The number of likely N-dealkylation sites (N-methyl/N-ethyl adjacent to an activating group) is 1. The summed E-state index contributed by atoms with van der Waals surface area (Å²) >= 11 is 1.07. The van der Waals surface area contributed by atoms with Gasteiger partial charge in [0.15, 0.2) is 6.10 Å². The van der Waals surface area contributed by atoms with Crippen molar-refractivity contribution in [2.75, 3.05) is 44.0 Å². The van der Waals surface area contributed by atoms with Crippen molar-refractivity contribution in [1.29, 1.82) is 0 Å². The zero-order valence-corrected chi connectivity index (χ0v) is 61.9. The molecular formula is C77H101N11O15S. The number of ether oxygens (including phenoxy) is 3. The van der Waals surface area contributed by atoms with Crippen molar-refractivity contribution in [1.82, 2.24) is 41.5 Å². The number of terminal acetylenes is 1. The number of alkyl carbamates (subject to hydrolysis) is 1. The summed E-state index contributed by atoms with van der Waals surface area (Å²) < 4.78 is 17.2. The summed E-state index contributed by atoms with van der Waals surface area (Å²) in [5, 5.41) is 32.8. The number of carboxylic acid groups (broad SMARTS) is 1. The van der Waals surface area contributed by atoms with Gasteiger partial charge in [0.05, 0.1) is 24.1 Å². The number of carbonyl (C=O) groups excluding carboxylic acids is 9. The van der Waals surface area contributed by atoms with Crippen molar-refractivity contribution in [3.05, 3.63) is 135 Å².